The first-order valence-electron chi connectivity index (χ1n) is 4.18. The lowest BCUT2D eigenvalue weighted by Gasteiger charge is -2.20. The Kier molecular flexibility index (Phi) is 2.59. The fourth-order valence-electron chi connectivity index (χ4n) is 1.41. The van der Waals surface area contributed by atoms with Crippen LogP contribution in [-0.2, 0) is 14.3 Å². The van der Waals surface area contributed by atoms with Gasteiger partial charge in [-0.25, -0.2) is 0 Å². The molecule has 1 heterocycles. The number of hydrogen-bond donors (Lipinski definition) is 0. The summed E-state index contributed by atoms with van der Waals surface area (Å²) in [6, 6.07) is 0. The Balaban J connectivity index is 1.93. The average Bonchev–Trinajstić information content (AvgIpc) is 2.60. The van der Waals surface area contributed by atoms with E-state index in [0.29, 0.717) is 0 Å². The van der Waals surface area contributed by atoms with Gasteiger partial charge in [0.15, 0.2) is 0 Å². The molecule has 3 nitrogen and oxygen atoms in total. The molecule has 0 bridgehead atoms. The minimum absolute atomic E-state index is 0.0715. The zero-order valence-corrected chi connectivity index (χ0v) is 9.80. The highest BCUT2D eigenvalue weighted by molar-refractivity contribution is 8.19. The highest BCUT2D eigenvalue weighted by Gasteiger charge is 2.58. The van der Waals surface area contributed by atoms with Crippen molar-refractivity contribution >= 4 is 33.6 Å². The lowest BCUT2D eigenvalue weighted by atomic mass is 10.6. The Morgan fingerprint density at radius 3 is 2.54 bits per heavy atom. The summed E-state index contributed by atoms with van der Waals surface area (Å²) in [5.74, 6) is 2.27. The maximum Gasteiger partial charge on any atom is 0.264 e. The molecule has 1 saturated heterocycles. The van der Waals surface area contributed by atoms with Gasteiger partial charge in [-0.2, -0.15) is 8.42 Å². The smallest absolute Gasteiger partial charge is 0.264 e. The van der Waals surface area contributed by atoms with Crippen molar-refractivity contribution in [2.45, 2.75) is 23.0 Å². The molecule has 13 heavy (non-hydrogen) atoms. The quantitative estimate of drug-likeness (QED) is 0.681. The van der Waals surface area contributed by atoms with Crippen LogP contribution in [0.2, 0.25) is 0 Å². The van der Waals surface area contributed by atoms with E-state index in [0.717, 1.165) is 24.2 Å². The molecule has 2 rings (SSSR count). The number of hydrogen-bond acceptors (Lipinski definition) is 5. The molecule has 76 valence electrons. The first-order chi connectivity index (χ1) is 6.02. The summed E-state index contributed by atoms with van der Waals surface area (Å²) in [4.78, 5) is 0. The molecule has 0 aromatic carbocycles. The largest absolute Gasteiger partial charge is 0.265 e. The number of rotatable bonds is 2. The highest BCUT2D eigenvalue weighted by Crippen LogP contribution is 2.61. The zero-order chi connectivity index (χ0) is 9.53. The van der Waals surface area contributed by atoms with Crippen molar-refractivity contribution in [2.75, 3.05) is 17.8 Å². The molecule has 1 saturated carbocycles. The Labute approximate surface area is 87.1 Å². The molecule has 0 aromatic heterocycles. The van der Waals surface area contributed by atoms with Gasteiger partial charge < -0.3 is 0 Å². The summed E-state index contributed by atoms with van der Waals surface area (Å²) in [5, 5.41) is 0. The Bertz CT molecular complexity index is 292. The van der Waals surface area contributed by atoms with E-state index in [1.54, 1.807) is 0 Å². The van der Waals surface area contributed by atoms with Crippen LogP contribution in [0.3, 0.4) is 0 Å². The second kappa shape index (κ2) is 3.32. The lowest BCUT2D eigenvalue weighted by Crippen LogP contribution is -2.16. The molecule has 2 fully saturated rings. The molecule has 6 heteroatoms. The molecular formula is C7H12O3S3. The van der Waals surface area contributed by atoms with Crippen molar-refractivity contribution in [1.29, 1.82) is 0 Å². The maximum atomic E-state index is 10.9. The van der Waals surface area contributed by atoms with Crippen LogP contribution < -0.4 is 0 Å². The summed E-state index contributed by atoms with van der Waals surface area (Å²) >= 11 is 3.71. The normalized spacial score (nSPS) is 31.9. The van der Waals surface area contributed by atoms with E-state index in [1.165, 1.54) is 6.42 Å². The Morgan fingerprint density at radius 1 is 1.38 bits per heavy atom. The highest BCUT2D eigenvalue weighted by atomic mass is 32.2. The van der Waals surface area contributed by atoms with Gasteiger partial charge in [0.05, 0.1) is 10.3 Å². The van der Waals surface area contributed by atoms with E-state index in [4.69, 9.17) is 4.18 Å². The van der Waals surface area contributed by atoms with Crippen LogP contribution >= 0.6 is 23.5 Å². The van der Waals surface area contributed by atoms with Crippen LogP contribution in [0.4, 0.5) is 0 Å². The maximum absolute atomic E-state index is 10.9. The van der Waals surface area contributed by atoms with Crippen molar-refractivity contribution < 1.29 is 12.6 Å². The van der Waals surface area contributed by atoms with E-state index in [9.17, 15) is 8.42 Å². The molecule has 1 spiro atoms. The second-order valence-electron chi connectivity index (χ2n) is 3.36. The third-order valence-corrected chi connectivity index (χ3v) is 6.18. The van der Waals surface area contributed by atoms with Gasteiger partial charge >= 0.3 is 0 Å². The van der Waals surface area contributed by atoms with Crippen LogP contribution in [0, 0.1) is 0 Å². The first-order valence-corrected chi connectivity index (χ1v) is 7.97. The fraction of sp³-hybridized carbons (Fsp3) is 1.00. The standard InChI is InChI=1S/C7H12O3S3/c1-13(8,9)10-6-5-7(6)11-3-2-4-12-7/h6H,2-5H2,1H3/t6-/m1/s1. The lowest BCUT2D eigenvalue weighted by molar-refractivity contribution is 0.307. The van der Waals surface area contributed by atoms with Crippen LogP contribution in [-0.4, -0.2) is 36.4 Å². The van der Waals surface area contributed by atoms with Gasteiger partial charge in [0, 0.05) is 6.42 Å². The number of thioether (sulfide) groups is 2. The van der Waals surface area contributed by atoms with E-state index >= 15 is 0 Å². The molecule has 2 aliphatic rings. The van der Waals surface area contributed by atoms with Crippen LogP contribution in [0.5, 0.6) is 0 Å². The van der Waals surface area contributed by atoms with Crippen molar-refractivity contribution in [1.82, 2.24) is 0 Å². The van der Waals surface area contributed by atoms with Gasteiger partial charge in [0.1, 0.15) is 6.10 Å². The monoisotopic (exact) mass is 240 g/mol. The minimum atomic E-state index is -3.26. The second-order valence-corrected chi connectivity index (χ2v) is 8.07. The third kappa shape index (κ3) is 2.34. The SMILES string of the molecule is CS(=O)(=O)O[C@@H]1CC12SCCCS2. The summed E-state index contributed by atoms with van der Waals surface area (Å²) in [7, 11) is -3.26. The van der Waals surface area contributed by atoms with Crippen molar-refractivity contribution in [3.8, 4) is 0 Å². The van der Waals surface area contributed by atoms with E-state index in [2.05, 4.69) is 0 Å². The molecule has 0 aromatic rings. The van der Waals surface area contributed by atoms with E-state index < -0.39 is 10.1 Å². The predicted octanol–water partition coefficient (Wildman–Crippen LogP) is 1.30. The summed E-state index contributed by atoms with van der Waals surface area (Å²) in [6.45, 7) is 0. The fourth-order valence-corrected chi connectivity index (χ4v) is 5.48. The molecule has 1 atom stereocenters. The van der Waals surface area contributed by atoms with Gasteiger partial charge in [-0.1, -0.05) is 0 Å². The summed E-state index contributed by atoms with van der Waals surface area (Å²) in [5.41, 5.74) is 0. The molecule has 1 aliphatic carbocycles. The van der Waals surface area contributed by atoms with Gasteiger partial charge in [-0.3, -0.25) is 4.18 Å². The van der Waals surface area contributed by atoms with Crippen molar-refractivity contribution in [3.05, 3.63) is 0 Å². The molecule has 1 aliphatic heterocycles. The summed E-state index contributed by atoms with van der Waals surface area (Å²) < 4.78 is 26.8. The Morgan fingerprint density at radius 2 is 2.00 bits per heavy atom. The van der Waals surface area contributed by atoms with Gasteiger partial charge in [-0.15, -0.1) is 23.5 Å². The Hall–Kier alpha value is 0.610. The van der Waals surface area contributed by atoms with Gasteiger partial charge in [0.2, 0.25) is 0 Å². The van der Waals surface area contributed by atoms with Crippen LogP contribution in [0.25, 0.3) is 0 Å². The van der Waals surface area contributed by atoms with Crippen LogP contribution in [0.15, 0.2) is 0 Å². The predicted molar refractivity (Wildman–Crippen MR) is 56.6 cm³/mol. The molecule has 0 amide bonds. The molecular weight excluding hydrogens is 228 g/mol. The van der Waals surface area contributed by atoms with Crippen LogP contribution in [0.1, 0.15) is 12.8 Å². The van der Waals surface area contributed by atoms with E-state index in [-0.39, 0.29) is 10.2 Å². The van der Waals surface area contributed by atoms with Crippen molar-refractivity contribution in [3.63, 3.8) is 0 Å². The van der Waals surface area contributed by atoms with E-state index in [1.807, 2.05) is 23.5 Å². The van der Waals surface area contributed by atoms with Gasteiger partial charge in [0.25, 0.3) is 10.1 Å². The van der Waals surface area contributed by atoms with Crippen molar-refractivity contribution in [2.24, 2.45) is 0 Å². The molecule has 0 unspecified atom stereocenters. The third-order valence-electron chi connectivity index (χ3n) is 2.07. The average molecular weight is 240 g/mol. The first kappa shape index (κ1) is 10.1. The summed E-state index contributed by atoms with van der Waals surface area (Å²) in [6.07, 6.45) is 3.16. The van der Waals surface area contributed by atoms with Gasteiger partial charge in [-0.05, 0) is 17.9 Å². The zero-order valence-electron chi connectivity index (χ0n) is 7.36. The molecule has 0 radical (unpaired) electrons. The molecule has 0 N–H and O–H groups in total. The minimum Gasteiger partial charge on any atom is -0.265 e. The topological polar surface area (TPSA) is 43.4 Å².